The maximum atomic E-state index is 10.5. The molecule has 0 bridgehead atoms. The zero-order valence-electron chi connectivity index (χ0n) is 4.97. The Kier molecular flexibility index (Phi) is 5.89. The molecule has 56 valence electrons. The minimum absolute atomic E-state index is 0.433. The summed E-state index contributed by atoms with van der Waals surface area (Å²) in [7, 11) is 0. The fourth-order valence-corrected chi connectivity index (χ4v) is 0.959. The molecule has 0 saturated carbocycles. The van der Waals surface area contributed by atoms with E-state index in [-0.39, 0.29) is 0 Å². The molecule has 0 heterocycles. The van der Waals surface area contributed by atoms with Gasteiger partial charge in [0, 0.05) is 0 Å². The van der Waals surface area contributed by atoms with Crippen LogP contribution in [0.15, 0.2) is 0 Å². The number of hydrogen-bond acceptors (Lipinski definition) is 2. The van der Waals surface area contributed by atoms with E-state index in [0.29, 0.717) is 6.61 Å². The normalized spacial score (nSPS) is 14.2. The van der Waals surface area contributed by atoms with Gasteiger partial charge in [0.25, 0.3) is 0 Å². The van der Waals surface area contributed by atoms with Gasteiger partial charge < -0.3 is 0 Å². The van der Waals surface area contributed by atoms with Crippen molar-refractivity contribution < 1.29 is 8.39 Å². The molecule has 0 amide bonds. The summed E-state index contributed by atoms with van der Waals surface area (Å²) in [6, 6.07) is 0. The van der Waals surface area contributed by atoms with Gasteiger partial charge in [-0.25, -0.2) is 4.21 Å². The zero-order chi connectivity index (χ0) is 7.28. The summed E-state index contributed by atoms with van der Waals surface area (Å²) >= 11 is 8.87. The molecule has 0 fully saturated rings. The van der Waals surface area contributed by atoms with Gasteiger partial charge in [-0.3, -0.25) is 4.18 Å². The molecule has 0 aromatic heterocycles. The third kappa shape index (κ3) is 5.15. The maximum absolute atomic E-state index is 10.5. The predicted molar refractivity (Wildman–Crippen MR) is 39.9 cm³/mol. The highest BCUT2D eigenvalue weighted by molar-refractivity contribution is 7.83. The summed E-state index contributed by atoms with van der Waals surface area (Å²) in [5.74, 6) is 0. The van der Waals surface area contributed by atoms with Crippen LogP contribution in [0.25, 0.3) is 0 Å². The lowest BCUT2D eigenvalue weighted by Gasteiger charge is -1.99. The Labute approximate surface area is 67.1 Å². The van der Waals surface area contributed by atoms with Crippen LogP contribution in [0.1, 0.15) is 13.3 Å². The molecule has 0 saturated heterocycles. The van der Waals surface area contributed by atoms with Gasteiger partial charge in [-0.1, -0.05) is 30.1 Å². The standard InChI is InChI=1S/C4H8Cl2O2S/c1-2-3-8-9(7)4(5)6/h4H,2-3H2,1H3. The van der Waals surface area contributed by atoms with Gasteiger partial charge in [0.05, 0.1) is 6.61 Å². The van der Waals surface area contributed by atoms with Crippen LogP contribution in [0.4, 0.5) is 0 Å². The lowest BCUT2D eigenvalue weighted by Crippen LogP contribution is -2.04. The highest BCUT2D eigenvalue weighted by atomic mass is 35.5. The lowest BCUT2D eigenvalue weighted by atomic mass is 10.5. The van der Waals surface area contributed by atoms with Crippen LogP contribution < -0.4 is 0 Å². The van der Waals surface area contributed by atoms with E-state index >= 15 is 0 Å². The Morgan fingerprint density at radius 2 is 2.22 bits per heavy atom. The maximum Gasteiger partial charge on any atom is 0.207 e. The first-order chi connectivity index (χ1) is 4.18. The van der Waals surface area contributed by atoms with Crippen LogP contribution in [0.3, 0.4) is 0 Å². The van der Waals surface area contributed by atoms with Crippen molar-refractivity contribution in [3.8, 4) is 0 Å². The molecule has 0 spiro atoms. The van der Waals surface area contributed by atoms with E-state index in [9.17, 15) is 4.21 Å². The molecule has 0 aliphatic heterocycles. The van der Waals surface area contributed by atoms with Gasteiger partial charge in [-0.05, 0) is 6.42 Å². The van der Waals surface area contributed by atoms with Gasteiger partial charge in [-0.2, -0.15) is 0 Å². The Morgan fingerprint density at radius 1 is 1.67 bits per heavy atom. The molecule has 1 unspecified atom stereocenters. The second-order valence-corrected chi connectivity index (χ2v) is 4.19. The number of hydrogen-bond donors (Lipinski definition) is 0. The van der Waals surface area contributed by atoms with E-state index in [1.54, 1.807) is 0 Å². The molecular weight excluding hydrogens is 183 g/mol. The molecule has 5 heteroatoms. The Morgan fingerprint density at radius 3 is 2.56 bits per heavy atom. The van der Waals surface area contributed by atoms with Crippen LogP contribution >= 0.6 is 23.2 Å². The van der Waals surface area contributed by atoms with Gasteiger partial charge in [0.1, 0.15) is 0 Å². The molecule has 0 N–H and O–H groups in total. The van der Waals surface area contributed by atoms with E-state index < -0.39 is 15.2 Å². The lowest BCUT2D eigenvalue weighted by molar-refractivity contribution is 0.348. The molecule has 9 heavy (non-hydrogen) atoms. The summed E-state index contributed by atoms with van der Waals surface area (Å²) in [5.41, 5.74) is 0. The first-order valence-corrected chi connectivity index (χ1v) is 4.51. The van der Waals surface area contributed by atoms with Crippen LogP contribution in [0.2, 0.25) is 0 Å². The first kappa shape index (κ1) is 9.69. The van der Waals surface area contributed by atoms with Crippen LogP contribution in [-0.2, 0) is 15.3 Å². The first-order valence-electron chi connectivity index (χ1n) is 2.50. The van der Waals surface area contributed by atoms with Gasteiger partial charge in [-0.15, -0.1) is 0 Å². The van der Waals surface area contributed by atoms with Crippen molar-refractivity contribution in [3.63, 3.8) is 0 Å². The summed E-state index contributed by atoms with van der Waals surface area (Å²) in [5, 5.41) is 0. The quantitative estimate of drug-likeness (QED) is 0.633. The minimum atomic E-state index is -1.54. The van der Waals surface area contributed by atoms with E-state index in [4.69, 9.17) is 23.2 Å². The van der Waals surface area contributed by atoms with Crippen LogP contribution in [-0.4, -0.2) is 15.0 Å². The van der Waals surface area contributed by atoms with E-state index in [0.717, 1.165) is 6.42 Å². The third-order valence-corrected chi connectivity index (χ3v) is 2.11. The molecule has 2 nitrogen and oxygen atoms in total. The highest BCUT2D eigenvalue weighted by Crippen LogP contribution is 2.08. The average Bonchev–Trinajstić information content (AvgIpc) is 1.82. The number of alkyl halides is 2. The van der Waals surface area contributed by atoms with Gasteiger partial charge in [0.2, 0.25) is 4.17 Å². The van der Waals surface area contributed by atoms with Crippen LogP contribution in [0.5, 0.6) is 0 Å². The van der Waals surface area contributed by atoms with E-state index in [2.05, 4.69) is 4.18 Å². The minimum Gasteiger partial charge on any atom is -0.288 e. The zero-order valence-corrected chi connectivity index (χ0v) is 7.30. The second kappa shape index (κ2) is 5.47. The second-order valence-electron chi connectivity index (χ2n) is 1.34. The molecule has 0 rings (SSSR count). The van der Waals surface area contributed by atoms with Gasteiger partial charge in [0.15, 0.2) is 11.1 Å². The Balaban J connectivity index is 3.28. The topological polar surface area (TPSA) is 26.3 Å². The molecule has 0 aliphatic carbocycles. The highest BCUT2D eigenvalue weighted by Gasteiger charge is 2.08. The summed E-state index contributed by atoms with van der Waals surface area (Å²) < 4.78 is 14.3. The van der Waals surface area contributed by atoms with Crippen molar-refractivity contribution >= 4 is 34.3 Å². The summed E-state index contributed by atoms with van der Waals surface area (Å²) in [6.45, 7) is 2.34. The van der Waals surface area contributed by atoms with Crippen molar-refractivity contribution in [2.75, 3.05) is 6.61 Å². The van der Waals surface area contributed by atoms with Crippen LogP contribution in [0, 0.1) is 0 Å². The monoisotopic (exact) mass is 190 g/mol. The smallest absolute Gasteiger partial charge is 0.207 e. The number of halogens is 2. The molecule has 0 aromatic carbocycles. The fraction of sp³-hybridized carbons (Fsp3) is 1.00. The van der Waals surface area contributed by atoms with Crippen molar-refractivity contribution in [1.82, 2.24) is 0 Å². The summed E-state index contributed by atoms with van der Waals surface area (Å²) in [6.07, 6.45) is 0.812. The van der Waals surface area contributed by atoms with Crippen molar-refractivity contribution in [1.29, 1.82) is 0 Å². The van der Waals surface area contributed by atoms with Gasteiger partial charge >= 0.3 is 0 Å². The fourth-order valence-electron chi connectivity index (χ4n) is 0.217. The van der Waals surface area contributed by atoms with Crippen molar-refractivity contribution in [2.45, 2.75) is 17.5 Å². The third-order valence-electron chi connectivity index (χ3n) is 0.549. The molecule has 1 atom stereocenters. The Hall–Kier alpha value is 0.690. The average molecular weight is 191 g/mol. The summed E-state index contributed by atoms with van der Waals surface area (Å²) in [4.78, 5) is 0. The number of rotatable bonds is 4. The molecule has 0 radical (unpaired) electrons. The predicted octanol–water partition coefficient (Wildman–Crippen LogP) is 1.84. The largest absolute Gasteiger partial charge is 0.288 e. The SMILES string of the molecule is CCCOS(=O)C(Cl)Cl. The molecule has 0 aliphatic rings. The molecular formula is C4H8Cl2O2S. The van der Waals surface area contributed by atoms with E-state index in [1.807, 2.05) is 6.92 Å². The molecule has 0 aromatic rings. The van der Waals surface area contributed by atoms with Crippen molar-refractivity contribution in [3.05, 3.63) is 0 Å². The van der Waals surface area contributed by atoms with E-state index in [1.165, 1.54) is 0 Å². The Bertz CT molecular complexity index is 96.6. The van der Waals surface area contributed by atoms with Crippen molar-refractivity contribution in [2.24, 2.45) is 0 Å².